The fourth-order valence-electron chi connectivity index (χ4n) is 4.11. The van der Waals surface area contributed by atoms with Gasteiger partial charge in [0.2, 0.25) is 0 Å². The Balaban J connectivity index is 1.49. The highest BCUT2D eigenvalue weighted by molar-refractivity contribution is 6.31. The van der Waals surface area contributed by atoms with Crippen LogP contribution >= 0.6 is 11.6 Å². The number of rotatable bonds is 7. The molecule has 2 N–H and O–H groups in total. The number of carbonyl (C=O) groups excluding carboxylic acids is 1. The molecule has 0 radical (unpaired) electrons. The second-order valence-corrected chi connectivity index (χ2v) is 7.91. The number of carbonyl (C=O) groups is 2. The SMILES string of the molecule is COc1ccc(C(CC(=O)O)NC(=O)OCC2c3ccccc3-c3ccccc32)c(Cl)c1. The molecule has 1 aliphatic carbocycles. The minimum absolute atomic E-state index is 0.0874. The molecule has 0 bridgehead atoms. The van der Waals surface area contributed by atoms with Crippen molar-refractivity contribution in [1.82, 2.24) is 5.32 Å². The lowest BCUT2D eigenvalue weighted by molar-refractivity contribution is -0.137. The van der Waals surface area contributed by atoms with Gasteiger partial charge in [-0.1, -0.05) is 66.2 Å². The molecule has 7 heteroatoms. The summed E-state index contributed by atoms with van der Waals surface area (Å²) in [7, 11) is 1.51. The molecule has 0 saturated heterocycles. The van der Waals surface area contributed by atoms with Crippen molar-refractivity contribution in [3.63, 3.8) is 0 Å². The van der Waals surface area contributed by atoms with Crippen LogP contribution in [-0.4, -0.2) is 30.9 Å². The van der Waals surface area contributed by atoms with Crippen LogP contribution in [0.1, 0.15) is 35.1 Å². The van der Waals surface area contributed by atoms with E-state index >= 15 is 0 Å². The summed E-state index contributed by atoms with van der Waals surface area (Å²) in [5, 5.41) is 12.3. The number of methoxy groups -OCH3 is 1. The number of nitrogens with one attached hydrogen (secondary N) is 1. The second kappa shape index (κ2) is 9.32. The third-order valence-corrected chi connectivity index (χ3v) is 5.92. The fraction of sp³-hybridized carbons (Fsp3) is 0.200. The van der Waals surface area contributed by atoms with Gasteiger partial charge in [-0.05, 0) is 39.9 Å². The number of ether oxygens (including phenoxy) is 2. The molecule has 0 heterocycles. The van der Waals surface area contributed by atoms with E-state index < -0.39 is 18.1 Å². The summed E-state index contributed by atoms with van der Waals surface area (Å²) < 4.78 is 10.7. The molecule has 1 unspecified atom stereocenters. The van der Waals surface area contributed by atoms with Gasteiger partial charge in [0.05, 0.1) is 19.6 Å². The van der Waals surface area contributed by atoms with Gasteiger partial charge in [-0.3, -0.25) is 4.79 Å². The molecule has 4 rings (SSSR count). The molecule has 164 valence electrons. The highest BCUT2D eigenvalue weighted by Crippen LogP contribution is 2.44. The highest BCUT2D eigenvalue weighted by Gasteiger charge is 2.29. The normalized spacial score (nSPS) is 13.1. The zero-order valence-electron chi connectivity index (χ0n) is 17.4. The van der Waals surface area contributed by atoms with Crippen molar-refractivity contribution in [2.45, 2.75) is 18.4 Å². The summed E-state index contributed by atoms with van der Waals surface area (Å²) in [5.41, 5.74) is 4.93. The summed E-state index contributed by atoms with van der Waals surface area (Å²) in [6.07, 6.45) is -1.04. The summed E-state index contributed by atoms with van der Waals surface area (Å²) >= 11 is 6.30. The van der Waals surface area contributed by atoms with Gasteiger partial charge in [-0.2, -0.15) is 0 Å². The molecule has 6 nitrogen and oxygen atoms in total. The van der Waals surface area contributed by atoms with Gasteiger partial charge >= 0.3 is 12.1 Å². The molecule has 32 heavy (non-hydrogen) atoms. The number of hydrogen-bond acceptors (Lipinski definition) is 4. The first-order valence-electron chi connectivity index (χ1n) is 10.1. The maximum absolute atomic E-state index is 12.6. The van der Waals surface area contributed by atoms with Crippen molar-refractivity contribution in [3.05, 3.63) is 88.4 Å². The van der Waals surface area contributed by atoms with E-state index in [1.165, 1.54) is 7.11 Å². The number of fused-ring (bicyclic) bond motifs is 3. The Labute approximate surface area is 190 Å². The van der Waals surface area contributed by atoms with E-state index in [2.05, 4.69) is 17.4 Å². The van der Waals surface area contributed by atoms with Crippen LogP contribution in [-0.2, 0) is 9.53 Å². The van der Waals surface area contributed by atoms with Crippen molar-refractivity contribution in [2.24, 2.45) is 0 Å². The summed E-state index contributed by atoms with van der Waals surface area (Å²) in [6, 6.07) is 20.1. The quantitative estimate of drug-likeness (QED) is 0.502. The van der Waals surface area contributed by atoms with E-state index in [0.29, 0.717) is 16.3 Å². The molecular weight excluding hydrogens is 430 g/mol. The second-order valence-electron chi connectivity index (χ2n) is 7.51. The maximum atomic E-state index is 12.6. The molecule has 1 atom stereocenters. The van der Waals surface area contributed by atoms with Crippen molar-refractivity contribution >= 4 is 23.7 Å². The van der Waals surface area contributed by atoms with Gasteiger partial charge in [0.25, 0.3) is 0 Å². The van der Waals surface area contributed by atoms with Crippen LogP contribution in [0, 0.1) is 0 Å². The Morgan fingerprint density at radius 3 is 2.22 bits per heavy atom. The van der Waals surface area contributed by atoms with Crippen LogP contribution in [0.25, 0.3) is 11.1 Å². The van der Waals surface area contributed by atoms with Crippen molar-refractivity contribution in [1.29, 1.82) is 0 Å². The molecule has 1 amide bonds. The first-order valence-corrected chi connectivity index (χ1v) is 10.5. The Morgan fingerprint density at radius 1 is 1.03 bits per heavy atom. The third-order valence-electron chi connectivity index (χ3n) is 5.60. The van der Waals surface area contributed by atoms with Gasteiger partial charge in [-0.15, -0.1) is 0 Å². The first-order chi connectivity index (χ1) is 15.5. The number of carboxylic acid groups (broad SMARTS) is 1. The predicted octanol–water partition coefficient (Wildman–Crippen LogP) is 5.40. The molecule has 0 saturated carbocycles. The number of carboxylic acids is 1. The van der Waals surface area contributed by atoms with Gasteiger partial charge < -0.3 is 19.9 Å². The van der Waals surface area contributed by atoms with Crippen LogP contribution in [0.15, 0.2) is 66.7 Å². The van der Waals surface area contributed by atoms with E-state index in [-0.39, 0.29) is 18.9 Å². The summed E-state index contributed by atoms with van der Waals surface area (Å²) in [6.45, 7) is 0.135. The van der Waals surface area contributed by atoms with Crippen molar-refractivity contribution in [3.8, 4) is 16.9 Å². The molecule has 3 aromatic carbocycles. The summed E-state index contributed by atoms with van der Waals surface area (Å²) in [5.74, 6) is -0.620. The average molecular weight is 452 g/mol. The number of amides is 1. The summed E-state index contributed by atoms with van der Waals surface area (Å²) in [4.78, 5) is 24.0. The molecule has 0 spiro atoms. The molecule has 3 aromatic rings. The van der Waals surface area contributed by atoms with Gasteiger partial charge in [0, 0.05) is 10.9 Å². The largest absolute Gasteiger partial charge is 0.497 e. The lowest BCUT2D eigenvalue weighted by Crippen LogP contribution is -2.31. The van der Waals surface area contributed by atoms with Crippen LogP contribution in [0.5, 0.6) is 5.75 Å². The average Bonchev–Trinajstić information content (AvgIpc) is 3.10. The number of alkyl carbamates (subject to hydrolysis) is 1. The van der Waals surface area contributed by atoms with Crippen LogP contribution in [0.3, 0.4) is 0 Å². The number of aliphatic carboxylic acids is 1. The van der Waals surface area contributed by atoms with E-state index in [0.717, 1.165) is 22.3 Å². The first kappa shape index (κ1) is 21.7. The molecule has 0 aromatic heterocycles. The van der Waals surface area contributed by atoms with Crippen LogP contribution in [0.4, 0.5) is 4.79 Å². The lowest BCUT2D eigenvalue weighted by Gasteiger charge is -2.20. The number of benzene rings is 3. The smallest absolute Gasteiger partial charge is 0.407 e. The number of hydrogen-bond donors (Lipinski definition) is 2. The highest BCUT2D eigenvalue weighted by atomic mass is 35.5. The molecular formula is C25H22ClNO5. The Hall–Kier alpha value is -3.51. The standard InChI is InChI=1S/C25H22ClNO5/c1-31-15-10-11-20(22(26)12-15)23(13-24(28)29)27-25(30)32-14-21-18-8-4-2-6-16(18)17-7-3-5-9-19(17)21/h2-12,21,23H,13-14H2,1H3,(H,27,30)(H,28,29). The van der Waals surface area contributed by atoms with Crippen molar-refractivity contribution in [2.75, 3.05) is 13.7 Å². The lowest BCUT2D eigenvalue weighted by atomic mass is 9.98. The molecule has 0 aliphatic heterocycles. The minimum Gasteiger partial charge on any atom is -0.497 e. The van der Waals surface area contributed by atoms with Crippen LogP contribution < -0.4 is 10.1 Å². The van der Waals surface area contributed by atoms with Crippen LogP contribution in [0.2, 0.25) is 5.02 Å². The maximum Gasteiger partial charge on any atom is 0.407 e. The third kappa shape index (κ3) is 4.41. The van der Waals surface area contributed by atoms with E-state index in [1.807, 2.05) is 36.4 Å². The van der Waals surface area contributed by atoms with E-state index in [4.69, 9.17) is 21.1 Å². The fourth-order valence-corrected chi connectivity index (χ4v) is 4.42. The monoisotopic (exact) mass is 451 g/mol. The van der Waals surface area contributed by atoms with Gasteiger partial charge in [0.1, 0.15) is 12.4 Å². The topological polar surface area (TPSA) is 84.9 Å². The Bertz CT molecular complexity index is 1120. The Kier molecular flexibility index (Phi) is 6.32. The van der Waals surface area contributed by atoms with Gasteiger partial charge in [0.15, 0.2) is 0 Å². The minimum atomic E-state index is -1.07. The molecule has 0 fully saturated rings. The zero-order valence-corrected chi connectivity index (χ0v) is 18.1. The number of halogens is 1. The van der Waals surface area contributed by atoms with E-state index in [9.17, 15) is 14.7 Å². The molecule has 1 aliphatic rings. The Morgan fingerprint density at radius 2 is 1.66 bits per heavy atom. The predicted molar refractivity (Wildman–Crippen MR) is 121 cm³/mol. The van der Waals surface area contributed by atoms with Crippen molar-refractivity contribution < 1.29 is 24.2 Å². The zero-order chi connectivity index (χ0) is 22.7. The van der Waals surface area contributed by atoms with E-state index in [1.54, 1.807) is 18.2 Å². The van der Waals surface area contributed by atoms with Gasteiger partial charge in [-0.25, -0.2) is 4.79 Å².